The predicted molar refractivity (Wildman–Crippen MR) is 130 cm³/mol. The van der Waals surface area contributed by atoms with Gasteiger partial charge in [-0.1, -0.05) is 12.1 Å². The highest BCUT2D eigenvalue weighted by molar-refractivity contribution is 7.91. The lowest BCUT2D eigenvalue weighted by atomic mass is 10.1. The van der Waals surface area contributed by atoms with Gasteiger partial charge in [-0.25, -0.2) is 8.42 Å². The summed E-state index contributed by atoms with van der Waals surface area (Å²) in [7, 11) is -3.88. The fourth-order valence-electron chi connectivity index (χ4n) is 3.99. The summed E-state index contributed by atoms with van der Waals surface area (Å²) < 4.78 is 25.6. The maximum Gasteiger partial charge on any atom is 0.269 e. The lowest BCUT2D eigenvalue weighted by Crippen LogP contribution is -2.28. The number of hydrogen-bond donors (Lipinski definition) is 1. The van der Waals surface area contributed by atoms with Crippen LogP contribution in [-0.4, -0.2) is 31.7 Å². The summed E-state index contributed by atoms with van der Waals surface area (Å²) in [6.07, 6.45) is 0.0891. The standard InChI is InChI=1S/C25H23N3O6S/c1-16-4-3-5-23(17(16)2)27-15-18(14-24(27)29)25(30)26-19-6-10-21(11-7-19)35(33,34)22-12-8-20(9-13-22)28(31)32/h3-13,18H,14-15H2,1-2H3,(H,26,30). The third kappa shape index (κ3) is 4.78. The van der Waals surface area contributed by atoms with Crippen molar-refractivity contribution in [3.63, 3.8) is 0 Å². The van der Waals surface area contributed by atoms with E-state index in [4.69, 9.17) is 0 Å². The molecule has 1 saturated heterocycles. The minimum Gasteiger partial charge on any atom is -0.326 e. The lowest BCUT2D eigenvalue weighted by molar-refractivity contribution is -0.384. The molecule has 35 heavy (non-hydrogen) atoms. The van der Waals surface area contributed by atoms with E-state index in [1.807, 2.05) is 32.0 Å². The molecule has 0 aromatic heterocycles. The molecule has 1 fully saturated rings. The number of benzene rings is 3. The second-order valence-electron chi connectivity index (χ2n) is 8.39. The Labute approximate surface area is 202 Å². The van der Waals surface area contributed by atoms with E-state index in [0.717, 1.165) is 28.9 Å². The number of amides is 2. The molecule has 1 N–H and O–H groups in total. The van der Waals surface area contributed by atoms with Crippen LogP contribution in [0.5, 0.6) is 0 Å². The van der Waals surface area contributed by atoms with E-state index in [0.29, 0.717) is 5.69 Å². The first-order chi connectivity index (χ1) is 16.6. The second-order valence-corrected chi connectivity index (χ2v) is 10.3. The molecule has 1 aliphatic heterocycles. The topological polar surface area (TPSA) is 127 Å². The molecule has 0 spiro atoms. The Bertz CT molecular complexity index is 1420. The fraction of sp³-hybridized carbons (Fsp3) is 0.200. The first-order valence-electron chi connectivity index (χ1n) is 10.8. The highest BCUT2D eigenvalue weighted by Crippen LogP contribution is 2.30. The molecule has 1 heterocycles. The van der Waals surface area contributed by atoms with E-state index >= 15 is 0 Å². The summed E-state index contributed by atoms with van der Waals surface area (Å²) in [5.74, 6) is -0.980. The molecule has 0 bridgehead atoms. The number of rotatable bonds is 6. The van der Waals surface area contributed by atoms with E-state index in [2.05, 4.69) is 5.32 Å². The van der Waals surface area contributed by atoms with Crippen molar-refractivity contribution in [2.75, 3.05) is 16.8 Å². The predicted octanol–water partition coefficient (Wildman–Crippen LogP) is 4.04. The molecule has 3 aromatic rings. The molecule has 4 rings (SSSR count). The van der Waals surface area contributed by atoms with Gasteiger partial charge in [0.15, 0.2) is 0 Å². The van der Waals surface area contributed by atoms with Crippen molar-refractivity contribution in [1.82, 2.24) is 0 Å². The minimum atomic E-state index is -3.88. The van der Waals surface area contributed by atoms with Gasteiger partial charge in [-0.3, -0.25) is 19.7 Å². The maximum atomic E-state index is 12.8. The number of carbonyl (C=O) groups excluding carboxylic acids is 2. The highest BCUT2D eigenvalue weighted by atomic mass is 32.2. The highest BCUT2D eigenvalue weighted by Gasteiger charge is 2.35. The molecule has 3 aromatic carbocycles. The van der Waals surface area contributed by atoms with E-state index in [9.17, 15) is 28.1 Å². The molecule has 180 valence electrons. The molecule has 1 atom stereocenters. The number of carbonyl (C=O) groups is 2. The monoisotopic (exact) mass is 493 g/mol. The van der Waals surface area contributed by atoms with Crippen LogP contribution in [0.4, 0.5) is 17.1 Å². The van der Waals surface area contributed by atoms with Gasteiger partial charge in [0.05, 0.1) is 20.6 Å². The van der Waals surface area contributed by atoms with E-state index in [-0.39, 0.29) is 40.3 Å². The fourth-order valence-corrected chi connectivity index (χ4v) is 5.25. The van der Waals surface area contributed by atoms with Crippen molar-refractivity contribution >= 4 is 38.7 Å². The normalized spacial score (nSPS) is 15.8. The van der Waals surface area contributed by atoms with E-state index in [1.54, 1.807) is 4.90 Å². The number of nitrogens with zero attached hydrogens (tertiary/aromatic N) is 2. The first kappa shape index (κ1) is 24.1. The third-order valence-corrected chi connectivity index (χ3v) is 7.94. The lowest BCUT2D eigenvalue weighted by Gasteiger charge is -2.20. The Balaban J connectivity index is 1.45. The zero-order valence-corrected chi connectivity index (χ0v) is 19.9. The smallest absolute Gasteiger partial charge is 0.269 e. The number of nitro groups is 1. The first-order valence-corrected chi connectivity index (χ1v) is 12.3. The molecule has 1 aliphatic rings. The third-order valence-electron chi connectivity index (χ3n) is 6.15. The summed E-state index contributed by atoms with van der Waals surface area (Å²) in [5, 5.41) is 13.5. The van der Waals surface area contributed by atoms with Gasteiger partial charge in [-0.15, -0.1) is 0 Å². The zero-order chi connectivity index (χ0) is 25.3. The Hall–Kier alpha value is -4.05. The number of nitrogens with one attached hydrogen (secondary N) is 1. The molecule has 9 nitrogen and oxygen atoms in total. The summed E-state index contributed by atoms with van der Waals surface area (Å²) >= 11 is 0. The van der Waals surface area contributed by atoms with E-state index in [1.165, 1.54) is 36.4 Å². The van der Waals surface area contributed by atoms with Crippen LogP contribution in [0.25, 0.3) is 0 Å². The van der Waals surface area contributed by atoms with Gasteiger partial charge in [0.2, 0.25) is 21.7 Å². The molecule has 1 unspecified atom stereocenters. The molecular weight excluding hydrogens is 470 g/mol. The molecule has 0 saturated carbocycles. The van der Waals surface area contributed by atoms with Crippen LogP contribution in [0.2, 0.25) is 0 Å². The van der Waals surface area contributed by atoms with Crippen molar-refractivity contribution < 1.29 is 22.9 Å². The maximum absolute atomic E-state index is 12.8. The minimum absolute atomic E-state index is 0.0125. The average molecular weight is 494 g/mol. The Morgan fingerprint density at radius 2 is 1.60 bits per heavy atom. The Kier molecular flexibility index (Phi) is 6.40. The number of anilines is 2. The van der Waals surface area contributed by atoms with Crippen molar-refractivity contribution in [2.45, 2.75) is 30.1 Å². The quantitative estimate of drug-likeness (QED) is 0.408. The Morgan fingerprint density at radius 3 is 2.20 bits per heavy atom. The molecule has 10 heteroatoms. The van der Waals surface area contributed by atoms with Crippen LogP contribution in [0, 0.1) is 29.9 Å². The van der Waals surface area contributed by atoms with Gasteiger partial charge in [0.1, 0.15) is 0 Å². The summed E-state index contributed by atoms with van der Waals surface area (Å²) in [4.78, 5) is 37.1. The largest absolute Gasteiger partial charge is 0.326 e. The van der Waals surface area contributed by atoms with Crippen molar-refractivity contribution in [3.05, 3.63) is 88.0 Å². The van der Waals surface area contributed by atoms with Crippen LogP contribution in [0.1, 0.15) is 17.5 Å². The molecule has 2 amide bonds. The van der Waals surface area contributed by atoms with Gasteiger partial charge in [0, 0.05) is 36.5 Å². The molecule has 0 radical (unpaired) electrons. The van der Waals surface area contributed by atoms with Gasteiger partial charge in [0.25, 0.3) is 5.69 Å². The van der Waals surface area contributed by atoms with Crippen LogP contribution < -0.4 is 10.2 Å². The van der Waals surface area contributed by atoms with Gasteiger partial charge in [-0.2, -0.15) is 0 Å². The Morgan fingerprint density at radius 1 is 1.00 bits per heavy atom. The molecule has 0 aliphatic carbocycles. The SMILES string of the molecule is Cc1cccc(N2CC(C(=O)Nc3ccc(S(=O)(=O)c4ccc([N+](=O)[O-])cc4)cc3)CC2=O)c1C. The average Bonchev–Trinajstić information content (AvgIpc) is 3.22. The number of non-ortho nitro benzene ring substituents is 1. The summed E-state index contributed by atoms with van der Waals surface area (Å²) in [6.45, 7) is 4.17. The summed E-state index contributed by atoms with van der Waals surface area (Å²) in [6, 6.07) is 16.0. The van der Waals surface area contributed by atoms with E-state index < -0.39 is 20.7 Å². The molecular formula is C25H23N3O6S. The van der Waals surface area contributed by atoms with Crippen molar-refractivity contribution in [1.29, 1.82) is 0 Å². The van der Waals surface area contributed by atoms with Crippen LogP contribution >= 0.6 is 0 Å². The number of nitro benzene ring substituents is 1. The number of aryl methyl sites for hydroxylation is 1. The van der Waals surface area contributed by atoms with Gasteiger partial charge in [-0.05, 0) is 67.4 Å². The second kappa shape index (κ2) is 9.30. The van der Waals surface area contributed by atoms with Gasteiger partial charge < -0.3 is 10.2 Å². The number of hydrogen-bond acceptors (Lipinski definition) is 6. The summed E-state index contributed by atoms with van der Waals surface area (Å²) in [5.41, 5.74) is 3.05. The van der Waals surface area contributed by atoms with Crippen molar-refractivity contribution in [2.24, 2.45) is 5.92 Å². The van der Waals surface area contributed by atoms with Crippen LogP contribution in [-0.2, 0) is 19.4 Å². The van der Waals surface area contributed by atoms with Crippen LogP contribution in [0.3, 0.4) is 0 Å². The number of sulfone groups is 1. The van der Waals surface area contributed by atoms with Gasteiger partial charge >= 0.3 is 0 Å². The van der Waals surface area contributed by atoms with Crippen LogP contribution in [0.15, 0.2) is 76.5 Å². The zero-order valence-electron chi connectivity index (χ0n) is 19.1. The van der Waals surface area contributed by atoms with Crippen molar-refractivity contribution in [3.8, 4) is 0 Å².